The summed E-state index contributed by atoms with van der Waals surface area (Å²) in [6.07, 6.45) is 0. The van der Waals surface area contributed by atoms with Gasteiger partial charge in [0.2, 0.25) is 5.91 Å². The van der Waals surface area contributed by atoms with Crippen molar-refractivity contribution in [3.63, 3.8) is 0 Å². The van der Waals surface area contributed by atoms with Crippen LogP contribution in [-0.4, -0.2) is 25.7 Å². The van der Waals surface area contributed by atoms with E-state index >= 15 is 0 Å². The van der Waals surface area contributed by atoms with Gasteiger partial charge in [0, 0.05) is 4.88 Å². The predicted octanol–water partition coefficient (Wildman–Crippen LogP) is 3.11. The molecule has 1 aromatic carbocycles. The van der Waals surface area contributed by atoms with E-state index in [9.17, 15) is 4.79 Å². The molecular weight excluding hydrogens is 310 g/mol. The van der Waals surface area contributed by atoms with Gasteiger partial charge in [-0.2, -0.15) is 0 Å². The van der Waals surface area contributed by atoms with Crippen LogP contribution < -0.4 is 10.1 Å². The highest BCUT2D eigenvalue weighted by Gasteiger charge is 2.03. The SMILES string of the molecule is O=C(COCCOc1ccccc1)NCc1ccc(Cl)s1. The first-order valence-corrected chi connectivity index (χ1v) is 7.70. The molecule has 2 aromatic rings. The van der Waals surface area contributed by atoms with Crippen molar-refractivity contribution in [3.05, 3.63) is 51.7 Å². The van der Waals surface area contributed by atoms with E-state index < -0.39 is 0 Å². The Morgan fingerprint density at radius 1 is 1.14 bits per heavy atom. The Balaban J connectivity index is 1.53. The van der Waals surface area contributed by atoms with Crippen LogP contribution in [-0.2, 0) is 16.1 Å². The van der Waals surface area contributed by atoms with Gasteiger partial charge in [-0.05, 0) is 24.3 Å². The molecule has 0 fully saturated rings. The van der Waals surface area contributed by atoms with Gasteiger partial charge in [-0.1, -0.05) is 29.8 Å². The average molecular weight is 326 g/mol. The van der Waals surface area contributed by atoms with Crippen LogP contribution in [0.25, 0.3) is 0 Å². The van der Waals surface area contributed by atoms with Crippen molar-refractivity contribution in [1.29, 1.82) is 0 Å². The fourth-order valence-electron chi connectivity index (χ4n) is 1.58. The minimum Gasteiger partial charge on any atom is -0.491 e. The van der Waals surface area contributed by atoms with Crippen molar-refractivity contribution < 1.29 is 14.3 Å². The average Bonchev–Trinajstić information content (AvgIpc) is 2.91. The summed E-state index contributed by atoms with van der Waals surface area (Å²) >= 11 is 7.26. The number of halogens is 1. The van der Waals surface area contributed by atoms with E-state index in [0.717, 1.165) is 10.6 Å². The molecule has 0 radical (unpaired) electrons. The second-order valence-corrected chi connectivity index (χ2v) is 6.00. The fraction of sp³-hybridized carbons (Fsp3) is 0.267. The molecule has 0 aliphatic carbocycles. The van der Waals surface area contributed by atoms with E-state index in [2.05, 4.69) is 5.32 Å². The van der Waals surface area contributed by atoms with Gasteiger partial charge in [-0.25, -0.2) is 0 Å². The Morgan fingerprint density at radius 2 is 1.95 bits per heavy atom. The zero-order valence-corrected chi connectivity index (χ0v) is 13.0. The Kier molecular flexibility index (Phi) is 6.53. The molecule has 1 aromatic heterocycles. The van der Waals surface area contributed by atoms with Crippen LogP contribution in [0.5, 0.6) is 5.75 Å². The lowest BCUT2D eigenvalue weighted by atomic mass is 10.3. The van der Waals surface area contributed by atoms with Crippen LogP contribution in [0, 0.1) is 0 Å². The van der Waals surface area contributed by atoms with E-state index in [1.54, 1.807) is 0 Å². The zero-order valence-electron chi connectivity index (χ0n) is 11.4. The summed E-state index contributed by atoms with van der Waals surface area (Å²) in [5, 5.41) is 2.77. The van der Waals surface area contributed by atoms with Crippen LogP contribution in [0.1, 0.15) is 4.88 Å². The molecule has 1 N–H and O–H groups in total. The van der Waals surface area contributed by atoms with Crippen molar-refractivity contribution in [1.82, 2.24) is 5.32 Å². The molecule has 0 bridgehead atoms. The van der Waals surface area contributed by atoms with Gasteiger partial charge in [0.05, 0.1) is 17.5 Å². The topological polar surface area (TPSA) is 47.6 Å². The molecule has 1 heterocycles. The Bertz CT molecular complexity index is 559. The highest BCUT2D eigenvalue weighted by Crippen LogP contribution is 2.20. The highest BCUT2D eigenvalue weighted by molar-refractivity contribution is 7.16. The van der Waals surface area contributed by atoms with Crippen molar-refractivity contribution >= 4 is 28.8 Å². The summed E-state index contributed by atoms with van der Waals surface area (Å²) < 4.78 is 11.4. The number of hydrogen-bond donors (Lipinski definition) is 1. The molecule has 0 saturated carbocycles. The van der Waals surface area contributed by atoms with E-state index in [0.29, 0.717) is 24.1 Å². The number of thiophene rings is 1. The molecule has 0 aliphatic rings. The third-order valence-corrected chi connectivity index (χ3v) is 3.79. The van der Waals surface area contributed by atoms with E-state index in [1.807, 2.05) is 42.5 Å². The molecule has 4 nitrogen and oxygen atoms in total. The van der Waals surface area contributed by atoms with Crippen LogP contribution >= 0.6 is 22.9 Å². The number of carbonyl (C=O) groups is 1. The maximum absolute atomic E-state index is 11.6. The lowest BCUT2D eigenvalue weighted by Gasteiger charge is -2.07. The zero-order chi connectivity index (χ0) is 14.9. The summed E-state index contributed by atoms with van der Waals surface area (Å²) in [7, 11) is 0. The quantitative estimate of drug-likeness (QED) is 0.759. The lowest BCUT2D eigenvalue weighted by molar-refractivity contribution is -0.126. The van der Waals surface area contributed by atoms with Crippen LogP contribution in [0.4, 0.5) is 0 Å². The number of amides is 1. The Hall–Kier alpha value is -1.56. The first-order valence-electron chi connectivity index (χ1n) is 6.50. The van der Waals surface area contributed by atoms with Crippen LogP contribution in [0.3, 0.4) is 0 Å². The third-order valence-electron chi connectivity index (χ3n) is 2.56. The first-order chi connectivity index (χ1) is 10.2. The van der Waals surface area contributed by atoms with Gasteiger partial charge in [0.1, 0.15) is 19.0 Å². The van der Waals surface area contributed by atoms with Gasteiger partial charge < -0.3 is 14.8 Å². The highest BCUT2D eigenvalue weighted by atomic mass is 35.5. The summed E-state index contributed by atoms with van der Waals surface area (Å²) in [4.78, 5) is 12.6. The van der Waals surface area contributed by atoms with Crippen molar-refractivity contribution in [2.24, 2.45) is 0 Å². The minimum atomic E-state index is -0.153. The smallest absolute Gasteiger partial charge is 0.246 e. The number of benzene rings is 1. The number of rotatable bonds is 8. The lowest BCUT2D eigenvalue weighted by Crippen LogP contribution is -2.27. The number of carbonyl (C=O) groups excluding carboxylic acids is 1. The van der Waals surface area contributed by atoms with Gasteiger partial charge >= 0.3 is 0 Å². The van der Waals surface area contributed by atoms with E-state index in [4.69, 9.17) is 21.1 Å². The maximum Gasteiger partial charge on any atom is 0.246 e. The maximum atomic E-state index is 11.6. The molecule has 21 heavy (non-hydrogen) atoms. The van der Waals surface area contributed by atoms with Crippen molar-refractivity contribution in [3.8, 4) is 5.75 Å². The van der Waals surface area contributed by atoms with Crippen LogP contribution in [0.2, 0.25) is 4.34 Å². The van der Waals surface area contributed by atoms with Crippen LogP contribution in [0.15, 0.2) is 42.5 Å². The first kappa shape index (κ1) is 15.8. The summed E-state index contributed by atoms with van der Waals surface area (Å²) in [5.41, 5.74) is 0. The number of nitrogens with one attached hydrogen (secondary N) is 1. The summed E-state index contributed by atoms with van der Waals surface area (Å²) in [6.45, 7) is 1.28. The predicted molar refractivity (Wildman–Crippen MR) is 83.9 cm³/mol. The normalized spacial score (nSPS) is 10.3. The molecule has 1 amide bonds. The molecule has 0 saturated heterocycles. The van der Waals surface area contributed by atoms with Gasteiger partial charge in [-0.15, -0.1) is 11.3 Å². The largest absolute Gasteiger partial charge is 0.491 e. The molecule has 0 spiro atoms. The number of ether oxygens (including phenoxy) is 2. The number of para-hydroxylation sites is 1. The van der Waals surface area contributed by atoms with Gasteiger partial charge in [-0.3, -0.25) is 4.79 Å². The third kappa shape index (κ3) is 6.16. The van der Waals surface area contributed by atoms with Gasteiger partial charge in [0.15, 0.2) is 0 Å². The van der Waals surface area contributed by atoms with E-state index in [1.165, 1.54) is 11.3 Å². The molecular formula is C15H16ClNO3S. The Morgan fingerprint density at radius 3 is 2.67 bits per heavy atom. The second kappa shape index (κ2) is 8.67. The number of hydrogen-bond acceptors (Lipinski definition) is 4. The summed E-state index contributed by atoms with van der Waals surface area (Å²) in [6, 6.07) is 13.2. The standard InChI is InChI=1S/C15H16ClNO3S/c16-14-7-6-13(21-14)10-17-15(18)11-19-8-9-20-12-4-2-1-3-5-12/h1-7H,8-11H2,(H,17,18). The molecule has 0 atom stereocenters. The molecule has 0 aliphatic heterocycles. The fourth-order valence-corrected chi connectivity index (χ4v) is 2.61. The van der Waals surface area contributed by atoms with Gasteiger partial charge in [0.25, 0.3) is 0 Å². The Labute approximate surface area is 132 Å². The monoisotopic (exact) mass is 325 g/mol. The molecule has 0 unspecified atom stereocenters. The molecule has 6 heteroatoms. The minimum absolute atomic E-state index is 0.0251. The van der Waals surface area contributed by atoms with Crippen molar-refractivity contribution in [2.75, 3.05) is 19.8 Å². The second-order valence-electron chi connectivity index (χ2n) is 4.20. The van der Waals surface area contributed by atoms with Crippen molar-refractivity contribution in [2.45, 2.75) is 6.54 Å². The summed E-state index contributed by atoms with van der Waals surface area (Å²) in [5.74, 6) is 0.638. The molecule has 2 rings (SSSR count). The molecule has 112 valence electrons. The van der Waals surface area contributed by atoms with E-state index in [-0.39, 0.29) is 12.5 Å².